The van der Waals surface area contributed by atoms with E-state index < -0.39 is 5.63 Å². The van der Waals surface area contributed by atoms with E-state index in [2.05, 4.69) is 10.6 Å². The number of carbonyl (C=O) groups excluding carboxylic acids is 1. The molecule has 2 amide bonds. The fourth-order valence-corrected chi connectivity index (χ4v) is 2.20. The first-order valence-electron chi connectivity index (χ1n) is 7.22. The zero-order valence-corrected chi connectivity index (χ0v) is 12.6. The van der Waals surface area contributed by atoms with E-state index in [-0.39, 0.29) is 24.6 Å². The standard InChI is InChI=1S/C16H20N2O4/c1-10(2)13(7-8-19)18-16(21)17-12-4-5-14-11(9-12)3-6-15(20)22-14/h3-6,9-10,13,19H,7-8H2,1-2H3,(H2,17,18,21). The van der Waals surface area contributed by atoms with Crippen molar-refractivity contribution in [3.8, 4) is 0 Å². The molecule has 2 aromatic rings. The fourth-order valence-electron chi connectivity index (χ4n) is 2.20. The van der Waals surface area contributed by atoms with Gasteiger partial charge < -0.3 is 20.2 Å². The van der Waals surface area contributed by atoms with Crippen LogP contribution in [-0.4, -0.2) is 23.8 Å². The Labute approximate surface area is 128 Å². The van der Waals surface area contributed by atoms with Crippen molar-refractivity contribution in [2.75, 3.05) is 11.9 Å². The molecule has 1 atom stereocenters. The Kier molecular flexibility index (Phi) is 5.16. The van der Waals surface area contributed by atoms with Crippen LogP contribution in [-0.2, 0) is 0 Å². The number of aliphatic hydroxyl groups is 1. The number of rotatable bonds is 5. The molecule has 0 fully saturated rings. The maximum Gasteiger partial charge on any atom is 0.336 e. The van der Waals surface area contributed by atoms with Crippen molar-refractivity contribution in [2.24, 2.45) is 5.92 Å². The van der Waals surface area contributed by atoms with Gasteiger partial charge in [0.25, 0.3) is 0 Å². The minimum atomic E-state index is -0.408. The van der Waals surface area contributed by atoms with Crippen molar-refractivity contribution in [1.29, 1.82) is 0 Å². The van der Waals surface area contributed by atoms with Crippen molar-refractivity contribution in [3.63, 3.8) is 0 Å². The Morgan fingerprint density at radius 1 is 1.27 bits per heavy atom. The minimum Gasteiger partial charge on any atom is -0.423 e. The number of benzene rings is 1. The van der Waals surface area contributed by atoms with Crippen LogP contribution < -0.4 is 16.3 Å². The quantitative estimate of drug-likeness (QED) is 0.739. The van der Waals surface area contributed by atoms with Crippen LogP contribution in [0.5, 0.6) is 0 Å². The highest BCUT2D eigenvalue weighted by molar-refractivity contribution is 5.92. The number of nitrogens with one attached hydrogen (secondary N) is 2. The number of fused-ring (bicyclic) bond motifs is 1. The average molecular weight is 304 g/mol. The van der Waals surface area contributed by atoms with Crippen molar-refractivity contribution < 1.29 is 14.3 Å². The van der Waals surface area contributed by atoms with E-state index in [0.717, 1.165) is 5.39 Å². The van der Waals surface area contributed by atoms with Gasteiger partial charge >= 0.3 is 11.7 Å². The van der Waals surface area contributed by atoms with Crippen molar-refractivity contribution in [3.05, 3.63) is 40.8 Å². The molecule has 118 valence electrons. The smallest absolute Gasteiger partial charge is 0.336 e. The fraction of sp³-hybridized carbons (Fsp3) is 0.375. The molecule has 1 heterocycles. The van der Waals surface area contributed by atoms with Gasteiger partial charge in [-0.25, -0.2) is 9.59 Å². The third-order valence-corrected chi connectivity index (χ3v) is 3.44. The van der Waals surface area contributed by atoms with E-state index in [9.17, 15) is 9.59 Å². The SMILES string of the molecule is CC(C)C(CCO)NC(=O)Nc1ccc2oc(=O)ccc2c1. The summed E-state index contributed by atoms with van der Waals surface area (Å²) < 4.78 is 5.04. The second-order valence-corrected chi connectivity index (χ2v) is 5.47. The molecule has 0 aliphatic carbocycles. The summed E-state index contributed by atoms with van der Waals surface area (Å²) >= 11 is 0. The van der Waals surface area contributed by atoms with E-state index in [4.69, 9.17) is 9.52 Å². The highest BCUT2D eigenvalue weighted by atomic mass is 16.4. The number of anilines is 1. The first-order chi connectivity index (χ1) is 10.5. The van der Waals surface area contributed by atoms with Gasteiger partial charge in [0.05, 0.1) is 0 Å². The predicted molar refractivity (Wildman–Crippen MR) is 85.0 cm³/mol. The Morgan fingerprint density at radius 3 is 2.73 bits per heavy atom. The Hall–Kier alpha value is -2.34. The van der Waals surface area contributed by atoms with Gasteiger partial charge in [-0.2, -0.15) is 0 Å². The Bertz CT molecular complexity index is 709. The maximum absolute atomic E-state index is 12.0. The number of aliphatic hydroxyl groups excluding tert-OH is 1. The van der Waals surface area contributed by atoms with Crippen molar-refractivity contribution in [1.82, 2.24) is 5.32 Å². The normalized spacial score (nSPS) is 12.4. The van der Waals surface area contributed by atoms with Gasteiger partial charge in [0.15, 0.2) is 0 Å². The third kappa shape index (κ3) is 4.08. The minimum absolute atomic E-state index is 0.0259. The van der Waals surface area contributed by atoms with E-state index in [1.165, 1.54) is 6.07 Å². The van der Waals surface area contributed by atoms with Crippen LogP contribution in [0, 0.1) is 5.92 Å². The third-order valence-electron chi connectivity index (χ3n) is 3.44. The number of urea groups is 1. The first-order valence-corrected chi connectivity index (χ1v) is 7.22. The second-order valence-electron chi connectivity index (χ2n) is 5.47. The molecule has 6 nitrogen and oxygen atoms in total. The number of amides is 2. The van der Waals surface area contributed by atoms with Crippen LogP contribution in [0.4, 0.5) is 10.5 Å². The van der Waals surface area contributed by atoms with Gasteiger partial charge in [0.2, 0.25) is 0 Å². The predicted octanol–water partition coefficient (Wildman–Crippen LogP) is 2.32. The molecular weight excluding hydrogens is 284 g/mol. The lowest BCUT2D eigenvalue weighted by Gasteiger charge is -2.21. The summed E-state index contributed by atoms with van der Waals surface area (Å²) in [6, 6.07) is 7.59. The van der Waals surface area contributed by atoms with E-state index in [1.807, 2.05) is 13.8 Å². The summed E-state index contributed by atoms with van der Waals surface area (Å²) in [4.78, 5) is 23.1. The number of carbonyl (C=O) groups is 1. The topological polar surface area (TPSA) is 91.6 Å². The van der Waals surface area contributed by atoms with Gasteiger partial charge in [0, 0.05) is 29.8 Å². The van der Waals surface area contributed by atoms with Crippen LogP contribution >= 0.6 is 0 Å². The number of hydrogen-bond acceptors (Lipinski definition) is 4. The molecule has 0 saturated heterocycles. The molecule has 0 spiro atoms. The lowest BCUT2D eigenvalue weighted by atomic mass is 10.0. The summed E-state index contributed by atoms with van der Waals surface area (Å²) in [5.74, 6) is 0.226. The van der Waals surface area contributed by atoms with Crippen molar-refractivity contribution in [2.45, 2.75) is 26.3 Å². The zero-order chi connectivity index (χ0) is 16.1. The summed E-state index contributed by atoms with van der Waals surface area (Å²) in [7, 11) is 0. The molecule has 0 aliphatic heterocycles. The van der Waals surface area contributed by atoms with E-state index in [0.29, 0.717) is 17.7 Å². The highest BCUT2D eigenvalue weighted by Crippen LogP contribution is 2.17. The molecule has 0 radical (unpaired) electrons. The van der Waals surface area contributed by atoms with Gasteiger partial charge in [0.1, 0.15) is 5.58 Å². The Morgan fingerprint density at radius 2 is 2.05 bits per heavy atom. The monoisotopic (exact) mass is 304 g/mol. The summed E-state index contributed by atoms with van der Waals surface area (Å²) in [5.41, 5.74) is 0.666. The molecule has 0 bridgehead atoms. The van der Waals surface area contributed by atoms with Gasteiger partial charge in [-0.05, 0) is 36.6 Å². The molecule has 3 N–H and O–H groups in total. The zero-order valence-electron chi connectivity index (χ0n) is 12.6. The van der Waals surface area contributed by atoms with Gasteiger partial charge in [-0.1, -0.05) is 13.8 Å². The molecule has 6 heteroatoms. The van der Waals surface area contributed by atoms with E-state index in [1.54, 1.807) is 24.3 Å². The van der Waals surface area contributed by atoms with Gasteiger partial charge in [-0.3, -0.25) is 0 Å². The molecule has 1 unspecified atom stereocenters. The largest absolute Gasteiger partial charge is 0.423 e. The number of hydrogen-bond donors (Lipinski definition) is 3. The maximum atomic E-state index is 12.0. The lowest BCUT2D eigenvalue weighted by molar-refractivity contribution is 0.227. The molecule has 1 aromatic carbocycles. The molecular formula is C16H20N2O4. The second kappa shape index (κ2) is 7.09. The van der Waals surface area contributed by atoms with E-state index >= 15 is 0 Å². The molecule has 2 rings (SSSR count). The Balaban J connectivity index is 2.08. The van der Waals surface area contributed by atoms with Gasteiger partial charge in [-0.15, -0.1) is 0 Å². The van der Waals surface area contributed by atoms with Crippen LogP contribution in [0.2, 0.25) is 0 Å². The lowest BCUT2D eigenvalue weighted by Crippen LogP contribution is -2.41. The van der Waals surface area contributed by atoms with Crippen LogP contribution in [0.1, 0.15) is 20.3 Å². The van der Waals surface area contributed by atoms with Crippen LogP contribution in [0.25, 0.3) is 11.0 Å². The molecule has 22 heavy (non-hydrogen) atoms. The summed E-state index contributed by atoms with van der Waals surface area (Å²) in [6.45, 7) is 4.00. The summed E-state index contributed by atoms with van der Waals surface area (Å²) in [5, 5.41) is 15.3. The summed E-state index contributed by atoms with van der Waals surface area (Å²) in [6.07, 6.45) is 0.508. The molecule has 0 saturated carbocycles. The van der Waals surface area contributed by atoms with Crippen LogP contribution in [0.15, 0.2) is 39.5 Å². The molecule has 1 aromatic heterocycles. The highest BCUT2D eigenvalue weighted by Gasteiger charge is 2.15. The van der Waals surface area contributed by atoms with Crippen LogP contribution in [0.3, 0.4) is 0 Å². The molecule has 0 aliphatic rings. The van der Waals surface area contributed by atoms with Crippen molar-refractivity contribution >= 4 is 22.7 Å². The first kappa shape index (κ1) is 16.0. The average Bonchev–Trinajstić information content (AvgIpc) is 2.47.